The molecule has 3 amide bonds. The second-order valence-corrected chi connectivity index (χ2v) is 9.83. The van der Waals surface area contributed by atoms with Crippen molar-refractivity contribution in [1.82, 2.24) is 21.0 Å². The molecule has 0 saturated carbocycles. The molecule has 0 rings (SSSR count). The molecule has 0 aromatic heterocycles. The number of rotatable bonds is 17. The Morgan fingerprint density at radius 2 is 1.82 bits per heavy atom. The van der Waals surface area contributed by atoms with E-state index in [2.05, 4.69) is 20.3 Å². The van der Waals surface area contributed by atoms with Crippen LogP contribution in [0.2, 0.25) is 0 Å². The summed E-state index contributed by atoms with van der Waals surface area (Å²) in [4.78, 5) is 36.2. The second kappa shape index (κ2) is 19.0. The second-order valence-electron chi connectivity index (χ2n) is 7.69. The van der Waals surface area contributed by atoms with E-state index in [1.807, 2.05) is 20.1 Å². The minimum absolute atomic E-state index is 0.113. The fourth-order valence-electron chi connectivity index (χ4n) is 2.73. The zero-order valence-electron chi connectivity index (χ0n) is 20.5. The summed E-state index contributed by atoms with van der Waals surface area (Å²) < 4.78 is 4.11. The molecule has 0 heterocycles. The summed E-state index contributed by atoms with van der Waals surface area (Å²) in [7, 11) is 2.81. The van der Waals surface area contributed by atoms with Gasteiger partial charge in [-0.05, 0) is 31.9 Å². The first-order chi connectivity index (χ1) is 16.2. The number of amides is 3. The summed E-state index contributed by atoms with van der Waals surface area (Å²) in [6.07, 6.45) is 8.91. The Hall–Kier alpha value is -2.38. The number of likely N-dealkylation sites (N-methyl/N-ethyl adjacent to an activating group) is 1. The van der Waals surface area contributed by atoms with Crippen LogP contribution in [0, 0.1) is 5.92 Å². The molecule has 1 unspecified atom stereocenters. The average molecular weight is 517 g/mol. The summed E-state index contributed by atoms with van der Waals surface area (Å²) in [5.74, 6) is 5.00. The monoisotopic (exact) mass is 516 g/mol. The SMILES string of the molecule is CCNC(=O)CNC(=O)C(NC(=O)CCCCCN(N)/C=C(\N)C(C=NSSC)=CN)C(C)C. The van der Waals surface area contributed by atoms with Gasteiger partial charge in [-0.25, -0.2) is 10.2 Å². The predicted octanol–water partition coefficient (Wildman–Crippen LogP) is 0.755. The summed E-state index contributed by atoms with van der Waals surface area (Å²) in [5, 5.41) is 9.40. The molecule has 0 aliphatic heterocycles. The van der Waals surface area contributed by atoms with Crippen LogP contribution in [-0.4, -0.2) is 60.9 Å². The standard InChI is InChI=1S/C21H40N8O3S2/c1-5-25-19(31)13-26-21(32)20(15(2)3)28-18(30)9-7-6-8-10-29(24)14-17(23)16(11-22)12-27-34-33-4/h11-12,14-15,20H,5-10,13,22-24H2,1-4H3,(H,25,31)(H,26,32)(H,28,30)/b16-11?,17-14-,27-12?. The third-order valence-corrected chi connectivity index (χ3v) is 5.56. The maximum absolute atomic E-state index is 12.3. The first kappa shape index (κ1) is 31.6. The van der Waals surface area contributed by atoms with Crippen LogP contribution in [0.15, 0.2) is 28.1 Å². The van der Waals surface area contributed by atoms with Gasteiger partial charge in [0.05, 0.1) is 12.2 Å². The fourth-order valence-corrected chi connectivity index (χ4v) is 3.36. The van der Waals surface area contributed by atoms with Crippen LogP contribution in [-0.2, 0) is 14.4 Å². The van der Waals surface area contributed by atoms with Crippen molar-refractivity contribution < 1.29 is 14.4 Å². The molecular formula is C21H40N8O3S2. The lowest BCUT2D eigenvalue weighted by atomic mass is 10.0. The first-order valence-electron chi connectivity index (χ1n) is 11.1. The van der Waals surface area contributed by atoms with Gasteiger partial charge in [0.25, 0.3) is 0 Å². The number of nitrogens with one attached hydrogen (secondary N) is 3. The number of unbranched alkanes of at least 4 members (excludes halogenated alkanes) is 2. The number of nitrogens with zero attached hydrogens (tertiary/aromatic N) is 2. The summed E-state index contributed by atoms with van der Waals surface area (Å²) in [6.45, 7) is 6.39. The molecule has 1 atom stereocenters. The van der Waals surface area contributed by atoms with E-state index >= 15 is 0 Å². The predicted molar refractivity (Wildman–Crippen MR) is 142 cm³/mol. The van der Waals surface area contributed by atoms with E-state index in [1.54, 1.807) is 19.3 Å². The number of nitrogens with two attached hydrogens (primary N) is 3. The van der Waals surface area contributed by atoms with Gasteiger partial charge in [0.15, 0.2) is 0 Å². The molecule has 34 heavy (non-hydrogen) atoms. The minimum atomic E-state index is -0.697. The van der Waals surface area contributed by atoms with E-state index in [1.165, 1.54) is 33.0 Å². The Bertz CT molecular complexity index is 729. The first-order valence-corrected chi connectivity index (χ1v) is 13.7. The molecule has 0 spiro atoms. The van der Waals surface area contributed by atoms with E-state index in [0.717, 1.165) is 12.8 Å². The molecule has 194 valence electrons. The summed E-state index contributed by atoms with van der Waals surface area (Å²) >= 11 is 0. The maximum Gasteiger partial charge on any atom is 0.243 e. The Morgan fingerprint density at radius 1 is 1.12 bits per heavy atom. The van der Waals surface area contributed by atoms with E-state index in [-0.39, 0.29) is 30.2 Å². The molecule has 0 fully saturated rings. The van der Waals surface area contributed by atoms with Crippen LogP contribution in [0.5, 0.6) is 0 Å². The quantitative estimate of drug-likeness (QED) is 0.0309. The van der Waals surface area contributed by atoms with Gasteiger partial charge < -0.3 is 32.4 Å². The molecule has 0 bridgehead atoms. The van der Waals surface area contributed by atoms with Crippen LogP contribution in [0.1, 0.15) is 46.5 Å². The zero-order chi connectivity index (χ0) is 25.9. The summed E-state index contributed by atoms with van der Waals surface area (Å²) in [5.41, 5.74) is 12.6. The number of carbonyl (C=O) groups excluding carboxylic acids is 3. The zero-order valence-corrected chi connectivity index (χ0v) is 22.1. The van der Waals surface area contributed by atoms with Gasteiger partial charge in [0.1, 0.15) is 6.04 Å². The largest absolute Gasteiger partial charge is 0.404 e. The van der Waals surface area contributed by atoms with Crippen LogP contribution in [0.4, 0.5) is 0 Å². The van der Waals surface area contributed by atoms with Gasteiger partial charge in [-0.1, -0.05) is 31.1 Å². The van der Waals surface area contributed by atoms with Crippen molar-refractivity contribution in [2.45, 2.75) is 52.5 Å². The van der Waals surface area contributed by atoms with Gasteiger partial charge in [0, 0.05) is 54.7 Å². The Morgan fingerprint density at radius 3 is 2.41 bits per heavy atom. The maximum atomic E-state index is 12.3. The van der Waals surface area contributed by atoms with Crippen molar-refractivity contribution in [3.05, 3.63) is 23.7 Å². The van der Waals surface area contributed by atoms with Crippen molar-refractivity contribution in [2.24, 2.45) is 27.6 Å². The molecule has 0 aromatic rings. The van der Waals surface area contributed by atoms with Gasteiger partial charge in [-0.2, -0.15) is 0 Å². The van der Waals surface area contributed by atoms with Crippen molar-refractivity contribution in [1.29, 1.82) is 0 Å². The van der Waals surface area contributed by atoms with E-state index in [4.69, 9.17) is 17.3 Å². The van der Waals surface area contributed by atoms with Crippen molar-refractivity contribution >= 4 is 45.7 Å². The Balaban J connectivity index is 4.39. The molecule has 0 radical (unpaired) electrons. The Labute approximate surface area is 210 Å². The highest BCUT2D eigenvalue weighted by Crippen LogP contribution is 2.18. The van der Waals surface area contributed by atoms with E-state index < -0.39 is 6.04 Å². The van der Waals surface area contributed by atoms with Gasteiger partial charge >= 0.3 is 0 Å². The van der Waals surface area contributed by atoms with Gasteiger partial charge in [-0.3, -0.25) is 14.4 Å². The molecular weight excluding hydrogens is 476 g/mol. The molecule has 13 heteroatoms. The Kier molecular flexibility index (Phi) is 17.7. The number of hydrogen-bond donors (Lipinski definition) is 6. The van der Waals surface area contributed by atoms with E-state index in [9.17, 15) is 14.4 Å². The molecule has 0 aromatic carbocycles. The number of hydrazine groups is 1. The number of allylic oxidation sites excluding steroid dienone is 1. The topological polar surface area (TPSA) is 181 Å². The van der Waals surface area contributed by atoms with Crippen molar-refractivity contribution in [3.8, 4) is 0 Å². The van der Waals surface area contributed by atoms with Gasteiger partial charge in [-0.15, -0.1) is 0 Å². The molecule has 9 N–H and O–H groups in total. The van der Waals surface area contributed by atoms with Gasteiger partial charge in [0.2, 0.25) is 17.7 Å². The highest BCUT2D eigenvalue weighted by molar-refractivity contribution is 8.76. The molecule has 0 aliphatic rings. The molecule has 11 nitrogen and oxygen atoms in total. The van der Waals surface area contributed by atoms with Crippen LogP contribution < -0.4 is 33.3 Å². The normalized spacial score (nSPS) is 13.1. The molecule has 0 saturated heterocycles. The summed E-state index contributed by atoms with van der Waals surface area (Å²) in [6, 6.07) is -0.697. The lowest BCUT2D eigenvalue weighted by molar-refractivity contribution is -0.131. The minimum Gasteiger partial charge on any atom is -0.404 e. The van der Waals surface area contributed by atoms with Crippen LogP contribution in [0.3, 0.4) is 0 Å². The number of hydrogen-bond acceptors (Lipinski definition) is 10. The van der Waals surface area contributed by atoms with Crippen LogP contribution >= 0.6 is 21.8 Å². The number of carbonyl (C=O) groups is 3. The van der Waals surface area contributed by atoms with Crippen LogP contribution in [0.25, 0.3) is 0 Å². The van der Waals surface area contributed by atoms with Crippen molar-refractivity contribution in [3.63, 3.8) is 0 Å². The highest BCUT2D eigenvalue weighted by atomic mass is 33.1. The highest BCUT2D eigenvalue weighted by Gasteiger charge is 2.24. The lowest BCUT2D eigenvalue weighted by Gasteiger charge is -2.21. The van der Waals surface area contributed by atoms with Crippen molar-refractivity contribution in [2.75, 3.05) is 25.9 Å². The lowest BCUT2D eigenvalue weighted by Crippen LogP contribution is -2.51. The molecule has 0 aliphatic carbocycles. The smallest absolute Gasteiger partial charge is 0.243 e. The third-order valence-electron chi connectivity index (χ3n) is 4.51. The van der Waals surface area contributed by atoms with E-state index in [0.29, 0.717) is 37.2 Å². The third kappa shape index (κ3) is 14.7. The fraction of sp³-hybridized carbons (Fsp3) is 0.619. The average Bonchev–Trinajstić information content (AvgIpc) is 2.78.